The lowest BCUT2D eigenvalue weighted by Gasteiger charge is -2.33. The second-order valence-corrected chi connectivity index (χ2v) is 9.53. The van der Waals surface area contributed by atoms with E-state index in [-0.39, 0.29) is 30.0 Å². The molecule has 3 N–H and O–H groups in total. The SMILES string of the molecule is CC(C)(C)C1CCc2c(sc(NC(=O)c3ccccc3F)c2C(=O)NCCO)C1. The fraction of sp³-hybridized carbons (Fsp3) is 0.455. The monoisotopic (exact) mass is 418 g/mol. The van der Waals surface area contributed by atoms with Gasteiger partial charge in [-0.25, -0.2) is 4.39 Å². The lowest BCUT2D eigenvalue weighted by molar-refractivity contribution is 0.0944. The maximum Gasteiger partial charge on any atom is 0.259 e. The van der Waals surface area contributed by atoms with Gasteiger partial charge in [0.15, 0.2) is 0 Å². The second-order valence-electron chi connectivity index (χ2n) is 8.43. The van der Waals surface area contributed by atoms with Crippen molar-refractivity contribution in [2.75, 3.05) is 18.5 Å². The van der Waals surface area contributed by atoms with Crippen LogP contribution in [0.4, 0.5) is 9.39 Å². The predicted molar refractivity (Wildman–Crippen MR) is 113 cm³/mol. The fourth-order valence-corrected chi connectivity index (χ4v) is 5.05. The second kappa shape index (κ2) is 8.63. The first-order valence-corrected chi connectivity index (χ1v) is 10.6. The Kier molecular flexibility index (Phi) is 6.39. The molecule has 1 aliphatic carbocycles. The van der Waals surface area contributed by atoms with Crippen molar-refractivity contribution in [3.8, 4) is 0 Å². The number of anilines is 1. The highest BCUT2D eigenvalue weighted by molar-refractivity contribution is 7.17. The summed E-state index contributed by atoms with van der Waals surface area (Å²) in [6.45, 7) is 6.61. The molecule has 0 fully saturated rings. The number of hydrogen-bond donors (Lipinski definition) is 3. The predicted octanol–water partition coefficient (Wildman–Crippen LogP) is 4.01. The van der Waals surface area contributed by atoms with Crippen molar-refractivity contribution in [1.29, 1.82) is 0 Å². The molecule has 0 aliphatic heterocycles. The molecule has 2 aromatic rings. The quantitative estimate of drug-likeness (QED) is 0.686. The number of halogens is 1. The first kappa shape index (κ1) is 21.5. The number of aliphatic hydroxyl groups is 1. The Morgan fingerprint density at radius 1 is 1.24 bits per heavy atom. The van der Waals surface area contributed by atoms with Gasteiger partial charge in [0.1, 0.15) is 10.8 Å². The Morgan fingerprint density at radius 2 is 1.97 bits per heavy atom. The average Bonchev–Trinajstić information content (AvgIpc) is 3.02. The molecule has 29 heavy (non-hydrogen) atoms. The third-order valence-corrected chi connectivity index (χ3v) is 6.63. The van der Waals surface area contributed by atoms with Crippen molar-refractivity contribution in [2.45, 2.75) is 40.0 Å². The third kappa shape index (κ3) is 4.67. The van der Waals surface area contributed by atoms with Crippen LogP contribution in [-0.4, -0.2) is 30.1 Å². The van der Waals surface area contributed by atoms with Crippen molar-refractivity contribution in [3.05, 3.63) is 51.7 Å². The van der Waals surface area contributed by atoms with Gasteiger partial charge in [0.2, 0.25) is 0 Å². The van der Waals surface area contributed by atoms with E-state index in [0.29, 0.717) is 16.5 Å². The Labute approximate surface area is 174 Å². The highest BCUT2D eigenvalue weighted by atomic mass is 32.1. The summed E-state index contributed by atoms with van der Waals surface area (Å²) in [5, 5.41) is 14.9. The topological polar surface area (TPSA) is 78.4 Å². The molecule has 0 saturated carbocycles. The molecule has 3 rings (SSSR count). The van der Waals surface area contributed by atoms with Crippen LogP contribution in [0.3, 0.4) is 0 Å². The summed E-state index contributed by atoms with van der Waals surface area (Å²) in [7, 11) is 0. The van der Waals surface area contributed by atoms with Gasteiger partial charge in [-0.1, -0.05) is 32.9 Å². The van der Waals surface area contributed by atoms with Crippen molar-refractivity contribution >= 4 is 28.2 Å². The summed E-state index contributed by atoms with van der Waals surface area (Å²) in [6, 6.07) is 5.77. The number of hydrogen-bond acceptors (Lipinski definition) is 4. The number of carbonyl (C=O) groups is 2. The first-order chi connectivity index (χ1) is 13.7. The molecule has 1 aliphatic rings. The van der Waals surface area contributed by atoms with Gasteiger partial charge in [0.05, 0.1) is 17.7 Å². The van der Waals surface area contributed by atoms with Gasteiger partial charge in [0, 0.05) is 11.4 Å². The van der Waals surface area contributed by atoms with E-state index in [1.54, 1.807) is 6.07 Å². The Hall–Kier alpha value is -2.25. The first-order valence-electron chi connectivity index (χ1n) is 9.81. The summed E-state index contributed by atoms with van der Waals surface area (Å²) >= 11 is 1.39. The van der Waals surface area contributed by atoms with E-state index in [0.717, 1.165) is 29.7 Å². The van der Waals surface area contributed by atoms with Crippen LogP contribution < -0.4 is 10.6 Å². The number of fused-ring (bicyclic) bond motifs is 1. The van der Waals surface area contributed by atoms with Crippen molar-refractivity contribution in [1.82, 2.24) is 5.32 Å². The van der Waals surface area contributed by atoms with Gasteiger partial charge in [-0.15, -0.1) is 11.3 Å². The molecular formula is C22H27FN2O3S. The van der Waals surface area contributed by atoms with Crippen LogP contribution in [0.5, 0.6) is 0 Å². The molecule has 1 atom stereocenters. The lowest BCUT2D eigenvalue weighted by Crippen LogP contribution is -2.30. The maximum atomic E-state index is 14.0. The minimum Gasteiger partial charge on any atom is -0.395 e. The van der Waals surface area contributed by atoms with Crippen molar-refractivity contribution in [3.63, 3.8) is 0 Å². The summed E-state index contributed by atoms with van der Waals surface area (Å²) in [5.41, 5.74) is 1.48. The van der Waals surface area contributed by atoms with Crippen LogP contribution in [0, 0.1) is 17.2 Å². The largest absolute Gasteiger partial charge is 0.395 e. The van der Waals surface area contributed by atoms with Gasteiger partial charge in [-0.05, 0) is 48.3 Å². The van der Waals surface area contributed by atoms with Gasteiger partial charge >= 0.3 is 0 Å². The molecule has 0 bridgehead atoms. The summed E-state index contributed by atoms with van der Waals surface area (Å²) < 4.78 is 14.0. The van der Waals surface area contributed by atoms with Crippen LogP contribution in [0.2, 0.25) is 0 Å². The van der Waals surface area contributed by atoms with E-state index in [9.17, 15) is 14.0 Å². The summed E-state index contributed by atoms with van der Waals surface area (Å²) in [4.78, 5) is 26.5. The van der Waals surface area contributed by atoms with Crippen LogP contribution in [0.15, 0.2) is 24.3 Å². The van der Waals surface area contributed by atoms with E-state index in [2.05, 4.69) is 31.4 Å². The summed E-state index contributed by atoms with van der Waals surface area (Å²) in [6.07, 6.45) is 2.57. The van der Waals surface area contributed by atoms with Crippen LogP contribution in [0.25, 0.3) is 0 Å². The Balaban J connectivity index is 1.95. The van der Waals surface area contributed by atoms with E-state index in [4.69, 9.17) is 5.11 Å². The Bertz CT molecular complexity index is 917. The molecule has 7 heteroatoms. The average molecular weight is 419 g/mol. The van der Waals surface area contributed by atoms with Gasteiger partial charge < -0.3 is 15.7 Å². The molecule has 5 nitrogen and oxygen atoms in total. The van der Waals surface area contributed by atoms with Crippen molar-refractivity contribution < 1.29 is 19.1 Å². The molecule has 156 valence electrons. The highest BCUT2D eigenvalue weighted by Gasteiger charge is 2.34. The van der Waals surface area contributed by atoms with Gasteiger partial charge in [0.25, 0.3) is 11.8 Å². The molecule has 1 unspecified atom stereocenters. The number of aliphatic hydroxyl groups excluding tert-OH is 1. The van der Waals surface area contributed by atoms with E-state index < -0.39 is 11.7 Å². The van der Waals surface area contributed by atoms with E-state index in [1.807, 2.05) is 0 Å². The van der Waals surface area contributed by atoms with Crippen LogP contribution in [-0.2, 0) is 12.8 Å². The number of amides is 2. The number of carbonyl (C=O) groups excluding carboxylic acids is 2. The third-order valence-electron chi connectivity index (χ3n) is 5.46. The minimum absolute atomic E-state index is 0.0619. The van der Waals surface area contributed by atoms with Crippen molar-refractivity contribution in [2.24, 2.45) is 11.3 Å². The van der Waals surface area contributed by atoms with E-state index >= 15 is 0 Å². The molecule has 1 heterocycles. The molecule has 1 aromatic heterocycles. The summed E-state index contributed by atoms with van der Waals surface area (Å²) in [5.74, 6) is -1.03. The lowest BCUT2D eigenvalue weighted by atomic mass is 9.72. The highest BCUT2D eigenvalue weighted by Crippen LogP contribution is 2.44. The number of benzene rings is 1. The smallest absolute Gasteiger partial charge is 0.259 e. The molecule has 0 radical (unpaired) electrons. The zero-order chi connectivity index (χ0) is 21.2. The molecule has 1 aromatic carbocycles. The van der Waals surface area contributed by atoms with E-state index in [1.165, 1.54) is 29.5 Å². The normalized spacial score (nSPS) is 16.2. The number of rotatable bonds is 5. The molecular weight excluding hydrogens is 391 g/mol. The van der Waals surface area contributed by atoms with Gasteiger partial charge in [-0.3, -0.25) is 9.59 Å². The minimum atomic E-state index is -0.606. The molecule has 2 amide bonds. The zero-order valence-electron chi connectivity index (χ0n) is 17.0. The fourth-order valence-electron chi connectivity index (χ4n) is 3.73. The van der Waals surface area contributed by atoms with Crippen LogP contribution >= 0.6 is 11.3 Å². The van der Waals surface area contributed by atoms with Gasteiger partial charge in [-0.2, -0.15) is 0 Å². The molecule has 0 saturated heterocycles. The zero-order valence-corrected chi connectivity index (χ0v) is 17.8. The van der Waals surface area contributed by atoms with Crippen LogP contribution in [0.1, 0.15) is 58.3 Å². The maximum absolute atomic E-state index is 14.0. The Morgan fingerprint density at radius 3 is 2.62 bits per heavy atom. The standard InChI is InChI=1S/C22H27FN2O3S/c1-22(2,3)13-8-9-15-17(12-13)29-21(18(15)20(28)24-10-11-26)25-19(27)14-6-4-5-7-16(14)23/h4-7,13,26H,8-12H2,1-3H3,(H,24,28)(H,25,27). The number of nitrogens with one attached hydrogen (secondary N) is 2. The molecule has 0 spiro atoms. The number of thiophene rings is 1.